The summed E-state index contributed by atoms with van der Waals surface area (Å²) in [4.78, 5) is 12.6. The number of halogens is 1. The van der Waals surface area contributed by atoms with Crippen LogP contribution in [0, 0.1) is 5.82 Å². The third-order valence-corrected chi connectivity index (χ3v) is 4.76. The second kappa shape index (κ2) is 7.83. The molecular weight excluding hydrogens is 375 g/mol. The maximum atomic E-state index is 13.4. The molecule has 1 aliphatic rings. The van der Waals surface area contributed by atoms with Crippen LogP contribution in [0.2, 0.25) is 0 Å². The van der Waals surface area contributed by atoms with Crippen molar-refractivity contribution in [3.8, 4) is 22.8 Å². The Balaban J connectivity index is 1.64. The summed E-state index contributed by atoms with van der Waals surface area (Å²) in [6, 6.07) is 10.7. The summed E-state index contributed by atoms with van der Waals surface area (Å²) in [5, 5.41) is 13.0. The van der Waals surface area contributed by atoms with E-state index >= 15 is 0 Å². The Labute approximate surface area is 167 Å². The largest absolute Gasteiger partial charge is 0.493 e. The minimum atomic E-state index is -0.472. The average molecular weight is 396 g/mol. The molecular formula is C21H21FN4O3. The highest BCUT2D eigenvalue weighted by atomic mass is 19.1. The highest BCUT2D eigenvalue weighted by Gasteiger charge is 2.31. The number of carbonyl (C=O) groups excluding carboxylic acids is 1. The molecule has 0 atom stereocenters. The molecule has 0 unspecified atom stereocenters. The summed E-state index contributed by atoms with van der Waals surface area (Å²) >= 11 is 0. The number of benzene rings is 2. The second-order valence-corrected chi connectivity index (χ2v) is 6.79. The van der Waals surface area contributed by atoms with Crippen molar-refractivity contribution in [2.24, 2.45) is 0 Å². The van der Waals surface area contributed by atoms with Gasteiger partial charge in [-0.15, -0.1) is 0 Å². The predicted octanol–water partition coefficient (Wildman–Crippen LogP) is 4.75. The van der Waals surface area contributed by atoms with Gasteiger partial charge in [0.05, 0.1) is 25.6 Å². The van der Waals surface area contributed by atoms with E-state index in [1.165, 1.54) is 18.2 Å². The minimum Gasteiger partial charge on any atom is -0.493 e. The molecule has 1 aliphatic carbocycles. The zero-order chi connectivity index (χ0) is 20.4. The number of aromatic amines is 1. The maximum Gasteiger partial charge on any atom is 0.323 e. The van der Waals surface area contributed by atoms with Gasteiger partial charge in [-0.2, -0.15) is 5.10 Å². The van der Waals surface area contributed by atoms with Crippen LogP contribution < -0.4 is 20.1 Å². The van der Waals surface area contributed by atoms with Gasteiger partial charge in [0.15, 0.2) is 11.5 Å². The summed E-state index contributed by atoms with van der Waals surface area (Å²) in [6.45, 7) is 0. The van der Waals surface area contributed by atoms with Crippen molar-refractivity contribution in [2.75, 3.05) is 24.9 Å². The van der Waals surface area contributed by atoms with Gasteiger partial charge in [0.2, 0.25) is 0 Å². The first-order valence-electron chi connectivity index (χ1n) is 9.23. The molecule has 0 spiro atoms. The molecule has 1 fully saturated rings. The molecule has 4 rings (SSSR count). The van der Waals surface area contributed by atoms with Crippen molar-refractivity contribution in [3.63, 3.8) is 0 Å². The third kappa shape index (κ3) is 4.01. The number of urea groups is 1. The molecule has 1 aromatic heterocycles. The summed E-state index contributed by atoms with van der Waals surface area (Å²) in [5.74, 6) is 1.08. The molecule has 1 heterocycles. The molecule has 0 aliphatic heterocycles. The summed E-state index contributed by atoms with van der Waals surface area (Å²) in [7, 11) is 3.13. The maximum absolute atomic E-state index is 13.4. The van der Waals surface area contributed by atoms with Crippen molar-refractivity contribution < 1.29 is 18.7 Å². The Morgan fingerprint density at radius 3 is 2.59 bits per heavy atom. The number of H-pyrrole nitrogens is 1. The van der Waals surface area contributed by atoms with E-state index in [0.717, 1.165) is 24.1 Å². The van der Waals surface area contributed by atoms with Gasteiger partial charge in [0, 0.05) is 17.2 Å². The zero-order valence-corrected chi connectivity index (χ0v) is 16.1. The van der Waals surface area contributed by atoms with Gasteiger partial charge in [-0.05, 0) is 49.2 Å². The fraction of sp³-hybridized carbons (Fsp3) is 0.238. The number of amides is 2. The van der Waals surface area contributed by atoms with Gasteiger partial charge in [-0.3, -0.25) is 5.10 Å². The number of anilines is 2. The molecule has 1 saturated carbocycles. The quantitative estimate of drug-likeness (QED) is 0.561. The SMILES string of the molecule is COc1ccc(-c2n[nH]c(C3CC3)c2NC(=O)Nc2cccc(F)c2)cc1OC. The van der Waals surface area contributed by atoms with Gasteiger partial charge in [0.1, 0.15) is 11.5 Å². The molecule has 8 heteroatoms. The van der Waals surface area contributed by atoms with E-state index in [1.807, 2.05) is 6.07 Å². The molecule has 3 aromatic rings. The predicted molar refractivity (Wildman–Crippen MR) is 108 cm³/mol. The topological polar surface area (TPSA) is 88.3 Å². The van der Waals surface area contributed by atoms with Crippen LogP contribution in [-0.2, 0) is 0 Å². The van der Waals surface area contributed by atoms with E-state index in [-0.39, 0.29) is 0 Å². The molecule has 0 radical (unpaired) electrons. The zero-order valence-electron chi connectivity index (χ0n) is 16.1. The molecule has 2 aromatic carbocycles. The highest BCUT2D eigenvalue weighted by molar-refractivity contribution is 6.02. The van der Waals surface area contributed by atoms with Crippen LogP contribution in [0.15, 0.2) is 42.5 Å². The molecule has 29 heavy (non-hydrogen) atoms. The van der Waals surface area contributed by atoms with Crippen molar-refractivity contribution in [1.29, 1.82) is 0 Å². The smallest absolute Gasteiger partial charge is 0.323 e. The molecule has 7 nitrogen and oxygen atoms in total. The number of rotatable bonds is 6. The summed E-state index contributed by atoms with van der Waals surface area (Å²) in [6.07, 6.45) is 2.07. The normalized spacial score (nSPS) is 13.1. The number of ether oxygens (including phenoxy) is 2. The van der Waals surface area contributed by atoms with Crippen molar-refractivity contribution >= 4 is 17.4 Å². The first-order chi connectivity index (χ1) is 14.1. The number of methoxy groups -OCH3 is 2. The van der Waals surface area contributed by atoms with Gasteiger partial charge in [-0.1, -0.05) is 6.07 Å². The van der Waals surface area contributed by atoms with Gasteiger partial charge in [-0.25, -0.2) is 9.18 Å². The van der Waals surface area contributed by atoms with Crippen LogP contribution in [0.1, 0.15) is 24.5 Å². The number of nitrogens with zero attached hydrogens (tertiary/aromatic N) is 1. The van der Waals surface area contributed by atoms with Crippen LogP contribution in [0.5, 0.6) is 11.5 Å². The monoisotopic (exact) mass is 396 g/mol. The Morgan fingerprint density at radius 2 is 1.90 bits per heavy atom. The molecule has 0 saturated heterocycles. The lowest BCUT2D eigenvalue weighted by atomic mass is 10.1. The standard InChI is InChI=1S/C21H21FN4O3/c1-28-16-9-8-13(10-17(16)29-2)19-20(18(25-26-19)12-6-7-12)24-21(27)23-15-5-3-4-14(22)11-15/h3-5,8-12H,6-7H2,1-2H3,(H,25,26)(H2,23,24,27). The molecule has 3 N–H and O–H groups in total. The highest BCUT2D eigenvalue weighted by Crippen LogP contribution is 2.45. The van der Waals surface area contributed by atoms with E-state index in [4.69, 9.17) is 9.47 Å². The number of carbonyl (C=O) groups is 1. The third-order valence-electron chi connectivity index (χ3n) is 4.76. The number of hydrogen-bond donors (Lipinski definition) is 3. The first-order valence-corrected chi connectivity index (χ1v) is 9.23. The van der Waals surface area contributed by atoms with Crippen molar-refractivity contribution in [1.82, 2.24) is 10.2 Å². The Hall–Kier alpha value is -3.55. The lowest BCUT2D eigenvalue weighted by molar-refractivity contribution is 0.262. The van der Waals surface area contributed by atoms with Gasteiger partial charge >= 0.3 is 6.03 Å². The van der Waals surface area contributed by atoms with E-state index in [9.17, 15) is 9.18 Å². The van der Waals surface area contributed by atoms with Gasteiger partial charge < -0.3 is 20.1 Å². The minimum absolute atomic E-state index is 0.334. The fourth-order valence-corrected chi connectivity index (χ4v) is 3.18. The fourth-order valence-electron chi connectivity index (χ4n) is 3.18. The summed E-state index contributed by atoms with van der Waals surface area (Å²) in [5.41, 5.74) is 3.22. The van der Waals surface area contributed by atoms with Crippen molar-refractivity contribution in [2.45, 2.75) is 18.8 Å². The average Bonchev–Trinajstić information content (AvgIpc) is 3.48. The van der Waals surface area contributed by atoms with Crippen LogP contribution in [0.3, 0.4) is 0 Å². The van der Waals surface area contributed by atoms with E-state index in [2.05, 4.69) is 20.8 Å². The summed E-state index contributed by atoms with van der Waals surface area (Å²) < 4.78 is 24.0. The van der Waals surface area contributed by atoms with Crippen LogP contribution >= 0.6 is 0 Å². The Morgan fingerprint density at radius 1 is 1.10 bits per heavy atom. The Kier molecular flexibility index (Phi) is 5.07. The lowest BCUT2D eigenvalue weighted by Crippen LogP contribution is -2.20. The van der Waals surface area contributed by atoms with Crippen LogP contribution in [-0.4, -0.2) is 30.4 Å². The number of nitrogens with one attached hydrogen (secondary N) is 3. The van der Waals surface area contributed by atoms with E-state index in [0.29, 0.717) is 34.5 Å². The van der Waals surface area contributed by atoms with Crippen LogP contribution in [0.4, 0.5) is 20.6 Å². The molecule has 2 amide bonds. The van der Waals surface area contributed by atoms with Gasteiger partial charge in [0.25, 0.3) is 0 Å². The second-order valence-electron chi connectivity index (χ2n) is 6.79. The number of hydrogen-bond acceptors (Lipinski definition) is 4. The molecule has 150 valence electrons. The number of aromatic nitrogens is 2. The first kappa shape index (κ1) is 18.8. The van der Waals surface area contributed by atoms with Crippen molar-refractivity contribution in [3.05, 3.63) is 54.0 Å². The molecule has 0 bridgehead atoms. The lowest BCUT2D eigenvalue weighted by Gasteiger charge is -2.12. The Bertz CT molecular complexity index is 1050. The van der Waals surface area contributed by atoms with E-state index < -0.39 is 11.8 Å². The van der Waals surface area contributed by atoms with E-state index in [1.54, 1.807) is 32.4 Å². The van der Waals surface area contributed by atoms with Crippen LogP contribution in [0.25, 0.3) is 11.3 Å².